The fourth-order valence-corrected chi connectivity index (χ4v) is 6.64. The van der Waals surface area contributed by atoms with Crippen LogP contribution in [0.3, 0.4) is 0 Å². The van der Waals surface area contributed by atoms with Crippen LogP contribution in [0.15, 0.2) is 86.6 Å². The Bertz CT molecular complexity index is 1580. The number of Topliss-reactive ketones (excluding diaryl/α,β-unsaturated/α-hetero) is 1. The molecule has 3 aromatic rings. The Morgan fingerprint density at radius 3 is 2.77 bits per heavy atom. The van der Waals surface area contributed by atoms with E-state index >= 15 is 0 Å². The fraction of sp³-hybridized carbons (Fsp3) is 0.276. The van der Waals surface area contributed by atoms with Crippen molar-refractivity contribution in [2.45, 2.75) is 41.9 Å². The molecular formula is C29H27N5O4S. The lowest BCUT2D eigenvalue weighted by Gasteiger charge is -2.34. The normalized spacial score (nSPS) is 24.9. The van der Waals surface area contributed by atoms with Gasteiger partial charge in [-0.3, -0.25) is 14.9 Å². The number of aromatic nitrogens is 2. The molecule has 39 heavy (non-hydrogen) atoms. The Morgan fingerprint density at radius 1 is 1.05 bits per heavy atom. The molecule has 4 unspecified atom stereocenters. The molecule has 9 nitrogen and oxygen atoms in total. The van der Waals surface area contributed by atoms with Gasteiger partial charge >= 0.3 is 0 Å². The highest BCUT2D eigenvalue weighted by Gasteiger charge is 2.41. The molecule has 0 fully saturated rings. The number of furan rings is 1. The van der Waals surface area contributed by atoms with E-state index in [1.165, 1.54) is 11.8 Å². The van der Waals surface area contributed by atoms with E-state index in [4.69, 9.17) is 18.9 Å². The summed E-state index contributed by atoms with van der Waals surface area (Å²) in [5, 5.41) is 15.8. The Morgan fingerprint density at radius 2 is 1.92 bits per heavy atom. The van der Waals surface area contributed by atoms with Crippen LogP contribution in [-0.2, 0) is 4.79 Å². The smallest absolute Gasteiger partial charge is 0.168 e. The predicted octanol–water partition coefficient (Wildman–Crippen LogP) is 4.89. The number of thioether (sulfide) groups is 1. The number of aliphatic imine (C=N–C) groups is 1. The first-order valence-electron chi connectivity index (χ1n) is 12.9. The molecule has 198 valence electrons. The van der Waals surface area contributed by atoms with Crippen molar-refractivity contribution in [2.75, 3.05) is 19.5 Å². The summed E-state index contributed by atoms with van der Waals surface area (Å²) < 4.78 is 17.2. The number of anilines is 1. The van der Waals surface area contributed by atoms with Gasteiger partial charge < -0.3 is 24.5 Å². The third kappa shape index (κ3) is 4.15. The van der Waals surface area contributed by atoms with Crippen LogP contribution in [0.2, 0.25) is 0 Å². The largest absolute Gasteiger partial charge is 0.493 e. The number of ether oxygens (including phenoxy) is 2. The van der Waals surface area contributed by atoms with Crippen molar-refractivity contribution in [3.8, 4) is 11.5 Å². The number of nitrogens with one attached hydrogen (secondary N) is 3. The van der Waals surface area contributed by atoms with Gasteiger partial charge in [0.25, 0.3) is 0 Å². The van der Waals surface area contributed by atoms with Gasteiger partial charge in [-0.25, -0.2) is 0 Å². The van der Waals surface area contributed by atoms with Crippen LogP contribution in [0, 0.1) is 0 Å². The second kappa shape index (κ2) is 9.53. The molecule has 4 heterocycles. The van der Waals surface area contributed by atoms with E-state index in [1.54, 1.807) is 20.4 Å². The van der Waals surface area contributed by atoms with Gasteiger partial charge in [-0.1, -0.05) is 30.4 Å². The molecule has 3 N–H and O–H groups in total. The molecule has 0 bridgehead atoms. The molecule has 2 aromatic heterocycles. The zero-order valence-electron chi connectivity index (χ0n) is 21.4. The number of carbonyl (C=O) groups excluding carboxylic acids is 1. The Kier molecular flexibility index (Phi) is 5.84. The van der Waals surface area contributed by atoms with Crippen molar-refractivity contribution in [1.29, 1.82) is 0 Å². The lowest BCUT2D eigenvalue weighted by atomic mass is 9.74. The number of carbonyl (C=O) groups is 1. The summed E-state index contributed by atoms with van der Waals surface area (Å²) in [5.41, 5.74) is 3.57. The van der Waals surface area contributed by atoms with Crippen molar-refractivity contribution in [3.05, 3.63) is 89.0 Å². The lowest BCUT2D eigenvalue weighted by molar-refractivity contribution is -0.116. The van der Waals surface area contributed by atoms with Crippen LogP contribution in [0.1, 0.15) is 41.6 Å². The van der Waals surface area contributed by atoms with Gasteiger partial charge in [-0.2, -0.15) is 5.10 Å². The quantitative estimate of drug-likeness (QED) is 0.418. The van der Waals surface area contributed by atoms with Crippen LogP contribution in [0.25, 0.3) is 0 Å². The number of aromatic amines is 1. The minimum atomic E-state index is -0.338. The van der Waals surface area contributed by atoms with Gasteiger partial charge in [-0.15, -0.1) is 0 Å². The van der Waals surface area contributed by atoms with E-state index in [2.05, 4.69) is 33.0 Å². The zero-order chi connectivity index (χ0) is 26.5. The van der Waals surface area contributed by atoms with E-state index in [1.807, 2.05) is 42.5 Å². The molecule has 0 radical (unpaired) electrons. The van der Waals surface area contributed by atoms with E-state index in [0.29, 0.717) is 30.1 Å². The van der Waals surface area contributed by atoms with E-state index in [-0.39, 0.29) is 29.7 Å². The van der Waals surface area contributed by atoms with Crippen molar-refractivity contribution in [1.82, 2.24) is 15.5 Å². The van der Waals surface area contributed by atoms with E-state index < -0.39 is 0 Å². The number of nitrogens with zero attached hydrogens (tertiary/aromatic N) is 2. The molecule has 2 aliphatic carbocycles. The Balaban J connectivity index is 1.18. The standard InChI is InChI=1S/C29H27N5O4S/c1-36-22-8-7-15(13-24(22)37-2)16-11-20-27(21(35)12-16)26(17-14-30-34-28(17)31-20)23-9-10-25(38-23)39-29-32-18-5-3-4-6-19(18)33-29/h3-10,13-14,16,18-19,26H,11-12H2,1-2H3,(H,32,33)(H2,30,31,34). The third-order valence-corrected chi connectivity index (χ3v) is 8.51. The van der Waals surface area contributed by atoms with Gasteiger partial charge in [0.15, 0.2) is 27.5 Å². The van der Waals surface area contributed by atoms with E-state index in [0.717, 1.165) is 38.5 Å². The number of amidine groups is 1. The van der Waals surface area contributed by atoms with Crippen LogP contribution in [-0.4, -0.2) is 47.5 Å². The summed E-state index contributed by atoms with van der Waals surface area (Å²) >= 11 is 1.46. The maximum Gasteiger partial charge on any atom is 0.168 e. The van der Waals surface area contributed by atoms with Crippen LogP contribution in [0.4, 0.5) is 5.82 Å². The molecular weight excluding hydrogens is 514 g/mol. The molecule has 2 aliphatic heterocycles. The highest BCUT2D eigenvalue weighted by atomic mass is 32.2. The van der Waals surface area contributed by atoms with Crippen LogP contribution >= 0.6 is 11.8 Å². The number of H-pyrrole nitrogens is 1. The average Bonchev–Trinajstić information content (AvgIpc) is 3.71. The number of benzene rings is 1. The first kappa shape index (κ1) is 23.9. The zero-order valence-corrected chi connectivity index (χ0v) is 22.2. The topological polar surface area (TPSA) is 114 Å². The van der Waals surface area contributed by atoms with E-state index in [9.17, 15) is 4.79 Å². The molecule has 4 atom stereocenters. The lowest BCUT2D eigenvalue weighted by Crippen LogP contribution is -2.31. The average molecular weight is 542 g/mol. The molecule has 0 amide bonds. The van der Waals surface area contributed by atoms with Crippen molar-refractivity contribution >= 4 is 28.5 Å². The van der Waals surface area contributed by atoms with Gasteiger partial charge in [0.05, 0.1) is 38.4 Å². The summed E-state index contributed by atoms with van der Waals surface area (Å²) in [5.74, 6) is 2.58. The maximum atomic E-state index is 13.8. The Hall–Kier alpha value is -4.18. The molecule has 7 rings (SSSR count). The number of rotatable bonds is 5. The van der Waals surface area contributed by atoms with Crippen molar-refractivity contribution in [3.63, 3.8) is 0 Å². The number of methoxy groups -OCH3 is 2. The number of ketones is 1. The number of fused-ring (bicyclic) bond motifs is 2. The SMILES string of the molecule is COc1ccc(C2CC(=O)C3=C(C2)Nc2[nH]ncc2C3c2ccc(SC3=NC4C=CC=CC4N3)o2)cc1OC. The third-order valence-electron chi connectivity index (χ3n) is 7.68. The number of allylic oxidation sites excluding steroid dienone is 4. The first-order chi connectivity index (χ1) is 19.1. The maximum absolute atomic E-state index is 13.8. The molecule has 4 aliphatic rings. The van der Waals surface area contributed by atoms with Gasteiger partial charge in [-0.05, 0) is 53.9 Å². The summed E-state index contributed by atoms with van der Waals surface area (Å²) in [6, 6.07) is 10.0. The minimum absolute atomic E-state index is 0.00878. The highest BCUT2D eigenvalue weighted by Crippen LogP contribution is 2.48. The van der Waals surface area contributed by atoms with Gasteiger partial charge in [0.2, 0.25) is 0 Å². The number of hydrogen-bond acceptors (Lipinski definition) is 9. The molecule has 0 saturated carbocycles. The fourth-order valence-electron chi connectivity index (χ4n) is 5.81. The van der Waals surface area contributed by atoms with Crippen LogP contribution < -0.4 is 20.1 Å². The van der Waals surface area contributed by atoms with Gasteiger partial charge in [0, 0.05) is 23.3 Å². The summed E-state index contributed by atoms with van der Waals surface area (Å²) in [6.45, 7) is 0. The predicted molar refractivity (Wildman–Crippen MR) is 149 cm³/mol. The first-order valence-corrected chi connectivity index (χ1v) is 13.7. The van der Waals surface area contributed by atoms with Gasteiger partial charge in [0.1, 0.15) is 11.6 Å². The van der Waals surface area contributed by atoms with Crippen molar-refractivity contribution < 1.29 is 18.7 Å². The summed E-state index contributed by atoms with van der Waals surface area (Å²) in [7, 11) is 3.23. The summed E-state index contributed by atoms with van der Waals surface area (Å²) in [6.07, 6.45) is 11.1. The highest BCUT2D eigenvalue weighted by molar-refractivity contribution is 8.13. The monoisotopic (exact) mass is 541 g/mol. The molecule has 0 spiro atoms. The molecule has 1 aromatic carbocycles. The van der Waals surface area contributed by atoms with Crippen LogP contribution in [0.5, 0.6) is 11.5 Å². The second-order valence-electron chi connectivity index (χ2n) is 9.92. The molecule has 10 heteroatoms. The minimum Gasteiger partial charge on any atom is -0.493 e. The second-order valence-corrected chi connectivity index (χ2v) is 10.9. The van der Waals surface area contributed by atoms with Crippen molar-refractivity contribution in [2.24, 2.45) is 4.99 Å². The summed E-state index contributed by atoms with van der Waals surface area (Å²) in [4.78, 5) is 18.5. The molecule has 0 saturated heterocycles. The Labute approximate surface area is 229 Å². The number of hydrogen-bond donors (Lipinski definition) is 3.